The number of unbranched alkanes of at least 4 members (excludes halogenated alkanes) is 3. The van der Waals surface area contributed by atoms with E-state index in [0.717, 1.165) is 12.0 Å². The molecule has 15 heavy (non-hydrogen) atoms. The van der Waals surface area contributed by atoms with Crippen molar-refractivity contribution in [2.24, 2.45) is 11.3 Å². The number of hydrogen-bond acceptors (Lipinski definition) is 1. The average Bonchev–Trinajstić information content (AvgIpc) is 2.81. The molecule has 1 rings (SSSR count). The van der Waals surface area contributed by atoms with Crippen LogP contribution in [-0.2, 0) is 0 Å². The molecule has 0 saturated heterocycles. The Kier molecular flexibility index (Phi) is 4.85. The van der Waals surface area contributed by atoms with Gasteiger partial charge in [0.15, 0.2) is 0 Å². The number of hydrogen-bond donors (Lipinski definition) is 1. The van der Waals surface area contributed by atoms with Gasteiger partial charge in [-0.2, -0.15) is 0 Å². The van der Waals surface area contributed by atoms with E-state index in [1.54, 1.807) is 0 Å². The van der Waals surface area contributed by atoms with E-state index in [2.05, 4.69) is 32.8 Å². The van der Waals surface area contributed by atoms with E-state index in [1.165, 1.54) is 38.5 Å². The van der Waals surface area contributed by atoms with Crippen LogP contribution in [-0.4, -0.2) is 13.1 Å². The molecule has 0 aromatic carbocycles. The van der Waals surface area contributed by atoms with E-state index in [4.69, 9.17) is 0 Å². The summed E-state index contributed by atoms with van der Waals surface area (Å²) in [6.45, 7) is 8.53. The molecule has 1 N–H and O–H groups in total. The van der Waals surface area contributed by atoms with Gasteiger partial charge in [0.05, 0.1) is 0 Å². The second-order valence-electron chi connectivity index (χ2n) is 5.62. The first-order chi connectivity index (χ1) is 7.11. The summed E-state index contributed by atoms with van der Waals surface area (Å²) in [4.78, 5) is 0. The molecule has 0 amide bonds. The Morgan fingerprint density at radius 1 is 1.40 bits per heavy atom. The van der Waals surface area contributed by atoms with Crippen molar-refractivity contribution >= 4 is 0 Å². The van der Waals surface area contributed by atoms with Crippen LogP contribution in [0.1, 0.15) is 52.4 Å². The maximum Gasteiger partial charge on any atom is 0.00976 e. The Balaban J connectivity index is 2.10. The second-order valence-corrected chi connectivity index (χ2v) is 5.62. The maximum atomic E-state index is 3.75. The molecule has 1 nitrogen and oxygen atoms in total. The zero-order chi connectivity index (χ0) is 11.3. The van der Waals surface area contributed by atoms with Crippen LogP contribution in [0.3, 0.4) is 0 Å². The standard InChI is InChI=1S/C14H27N/c1-5-6-7-8-9-10-13(15-4)12-11-14(12,2)3/h5,12-13,15H,1,6-11H2,2-4H3. The van der Waals surface area contributed by atoms with E-state index in [-0.39, 0.29) is 0 Å². The third-order valence-corrected chi connectivity index (χ3v) is 3.87. The highest BCUT2D eigenvalue weighted by Crippen LogP contribution is 2.54. The molecule has 1 aliphatic carbocycles. The molecule has 1 aliphatic rings. The molecule has 88 valence electrons. The van der Waals surface area contributed by atoms with Crippen molar-refractivity contribution in [2.45, 2.75) is 58.4 Å². The van der Waals surface area contributed by atoms with Crippen molar-refractivity contribution in [1.82, 2.24) is 5.32 Å². The predicted molar refractivity (Wildman–Crippen MR) is 68.0 cm³/mol. The summed E-state index contributed by atoms with van der Waals surface area (Å²) in [6, 6.07) is 0.753. The Hall–Kier alpha value is -0.300. The van der Waals surface area contributed by atoms with Gasteiger partial charge in [0.25, 0.3) is 0 Å². The van der Waals surface area contributed by atoms with Crippen LogP contribution in [0.2, 0.25) is 0 Å². The summed E-state index contributed by atoms with van der Waals surface area (Å²) >= 11 is 0. The zero-order valence-corrected chi connectivity index (χ0v) is 10.7. The van der Waals surface area contributed by atoms with Gasteiger partial charge >= 0.3 is 0 Å². The summed E-state index contributed by atoms with van der Waals surface area (Å²) in [5.41, 5.74) is 0.606. The van der Waals surface area contributed by atoms with Crippen molar-refractivity contribution < 1.29 is 0 Å². The molecule has 0 aromatic rings. The topological polar surface area (TPSA) is 12.0 Å². The summed E-state index contributed by atoms with van der Waals surface area (Å²) in [5, 5.41) is 3.49. The summed E-state index contributed by atoms with van der Waals surface area (Å²) in [7, 11) is 2.11. The largest absolute Gasteiger partial charge is 0.317 e. The van der Waals surface area contributed by atoms with Crippen molar-refractivity contribution in [2.75, 3.05) is 7.05 Å². The minimum atomic E-state index is 0.606. The lowest BCUT2D eigenvalue weighted by atomic mass is 9.98. The third-order valence-electron chi connectivity index (χ3n) is 3.87. The van der Waals surface area contributed by atoms with Gasteiger partial charge in [-0.25, -0.2) is 0 Å². The molecule has 0 spiro atoms. The minimum absolute atomic E-state index is 0.606. The monoisotopic (exact) mass is 209 g/mol. The number of rotatable bonds is 8. The fraction of sp³-hybridized carbons (Fsp3) is 0.857. The first kappa shape index (κ1) is 12.8. The Bertz CT molecular complexity index is 196. The Morgan fingerprint density at radius 2 is 2.07 bits per heavy atom. The van der Waals surface area contributed by atoms with Crippen molar-refractivity contribution in [1.29, 1.82) is 0 Å². The van der Waals surface area contributed by atoms with E-state index in [1.807, 2.05) is 6.08 Å². The normalized spacial score (nSPS) is 24.9. The zero-order valence-electron chi connectivity index (χ0n) is 10.7. The number of nitrogens with one attached hydrogen (secondary N) is 1. The van der Waals surface area contributed by atoms with E-state index >= 15 is 0 Å². The van der Waals surface area contributed by atoms with Crippen molar-refractivity contribution in [3.8, 4) is 0 Å². The number of allylic oxidation sites excluding steroid dienone is 1. The van der Waals surface area contributed by atoms with Crippen LogP contribution in [0.5, 0.6) is 0 Å². The molecular weight excluding hydrogens is 182 g/mol. The van der Waals surface area contributed by atoms with Gasteiger partial charge in [0.2, 0.25) is 0 Å². The summed E-state index contributed by atoms with van der Waals surface area (Å²) < 4.78 is 0. The maximum absolute atomic E-state index is 3.75. The van der Waals surface area contributed by atoms with Gasteiger partial charge in [-0.1, -0.05) is 32.8 Å². The van der Waals surface area contributed by atoms with Crippen LogP contribution in [0.15, 0.2) is 12.7 Å². The van der Waals surface area contributed by atoms with E-state index in [9.17, 15) is 0 Å². The van der Waals surface area contributed by atoms with Gasteiger partial charge in [-0.15, -0.1) is 6.58 Å². The minimum Gasteiger partial charge on any atom is -0.317 e. The Morgan fingerprint density at radius 3 is 2.53 bits per heavy atom. The average molecular weight is 209 g/mol. The SMILES string of the molecule is C=CCCCCCC(NC)C1CC1(C)C. The lowest BCUT2D eigenvalue weighted by molar-refractivity contribution is 0.393. The fourth-order valence-electron chi connectivity index (χ4n) is 2.57. The summed E-state index contributed by atoms with van der Waals surface area (Å²) in [5.74, 6) is 0.918. The molecule has 2 unspecified atom stereocenters. The molecule has 0 aromatic heterocycles. The van der Waals surface area contributed by atoms with Gasteiger partial charge in [0, 0.05) is 6.04 Å². The fourth-order valence-corrected chi connectivity index (χ4v) is 2.57. The quantitative estimate of drug-likeness (QED) is 0.474. The molecule has 1 fully saturated rings. The van der Waals surface area contributed by atoms with Crippen LogP contribution in [0.25, 0.3) is 0 Å². The lowest BCUT2D eigenvalue weighted by Gasteiger charge is -2.17. The lowest BCUT2D eigenvalue weighted by Crippen LogP contribution is -2.29. The molecule has 0 heterocycles. The Labute approximate surface area is 95.3 Å². The second kappa shape index (κ2) is 5.69. The molecule has 0 bridgehead atoms. The highest BCUT2D eigenvalue weighted by molar-refractivity contribution is 5.01. The van der Waals surface area contributed by atoms with Crippen LogP contribution >= 0.6 is 0 Å². The van der Waals surface area contributed by atoms with Crippen molar-refractivity contribution in [3.63, 3.8) is 0 Å². The van der Waals surface area contributed by atoms with Crippen LogP contribution in [0, 0.1) is 11.3 Å². The highest BCUT2D eigenvalue weighted by Gasteiger charge is 2.49. The molecule has 1 heteroatoms. The molecule has 0 radical (unpaired) electrons. The van der Waals surface area contributed by atoms with E-state index < -0.39 is 0 Å². The van der Waals surface area contributed by atoms with E-state index in [0.29, 0.717) is 5.41 Å². The smallest absolute Gasteiger partial charge is 0.00976 e. The van der Waals surface area contributed by atoms with Gasteiger partial charge in [0.1, 0.15) is 0 Å². The van der Waals surface area contributed by atoms with Crippen LogP contribution in [0.4, 0.5) is 0 Å². The van der Waals surface area contributed by atoms with Gasteiger partial charge in [-0.3, -0.25) is 0 Å². The molecule has 1 saturated carbocycles. The van der Waals surface area contributed by atoms with Gasteiger partial charge in [-0.05, 0) is 44.1 Å². The predicted octanol–water partition coefficient (Wildman–Crippen LogP) is 3.76. The van der Waals surface area contributed by atoms with Gasteiger partial charge < -0.3 is 5.32 Å². The highest BCUT2D eigenvalue weighted by atomic mass is 14.9. The molecular formula is C14H27N. The third kappa shape index (κ3) is 3.98. The first-order valence-corrected chi connectivity index (χ1v) is 6.40. The van der Waals surface area contributed by atoms with Crippen LogP contribution < -0.4 is 5.32 Å². The van der Waals surface area contributed by atoms with Crippen molar-refractivity contribution in [3.05, 3.63) is 12.7 Å². The molecule has 2 atom stereocenters. The summed E-state index contributed by atoms with van der Waals surface area (Å²) in [6.07, 6.45) is 10.0. The first-order valence-electron chi connectivity index (χ1n) is 6.40. The molecule has 0 aliphatic heterocycles.